The van der Waals surface area contributed by atoms with E-state index in [1.54, 1.807) is 0 Å². The lowest BCUT2D eigenvalue weighted by atomic mass is 10.1. The lowest BCUT2D eigenvalue weighted by Gasteiger charge is -2.07. The van der Waals surface area contributed by atoms with Gasteiger partial charge < -0.3 is 13.7 Å². The zero-order valence-electron chi connectivity index (χ0n) is 18.5. The summed E-state index contributed by atoms with van der Waals surface area (Å²) in [6, 6.07) is 17.4. The molecule has 5 rings (SSSR count). The number of nitriles is 1. The number of nitrogens with one attached hydrogen (secondary N) is 1. The van der Waals surface area contributed by atoms with E-state index < -0.39 is 5.97 Å². The largest absolute Gasteiger partial charge is 0.465 e. The first kappa shape index (κ1) is 21.2. The SMILES string of the molecule is COC(=O)c1c(C)oc(NC(=O)CCn2c3ccccc3c3nc4ccccc4nc32)c1C#N. The summed E-state index contributed by atoms with van der Waals surface area (Å²) in [5.74, 6) is -0.947. The molecule has 9 heteroatoms. The van der Waals surface area contributed by atoms with Gasteiger partial charge >= 0.3 is 5.97 Å². The van der Waals surface area contributed by atoms with Crippen molar-refractivity contribution in [1.82, 2.24) is 14.5 Å². The molecule has 1 N–H and O–H groups in total. The van der Waals surface area contributed by atoms with E-state index >= 15 is 0 Å². The van der Waals surface area contributed by atoms with Gasteiger partial charge in [-0.3, -0.25) is 10.1 Å². The molecule has 3 heterocycles. The van der Waals surface area contributed by atoms with Crippen LogP contribution in [-0.4, -0.2) is 33.5 Å². The summed E-state index contributed by atoms with van der Waals surface area (Å²) < 4.78 is 12.1. The topological polar surface area (TPSA) is 123 Å². The number of carbonyl (C=O) groups is 2. The number of hydrogen-bond donors (Lipinski definition) is 1. The minimum absolute atomic E-state index is 0.00449. The molecule has 5 aromatic rings. The number of aryl methyl sites for hydroxylation is 2. The average Bonchev–Trinajstić information content (AvgIpc) is 3.33. The smallest absolute Gasteiger partial charge is 0.342 e. The van der Waals surface area contributed by atoms with Gasteiger partial charge in [-0.2, -0.15) is 5.26 Å². The number of hydrogen-bond acceptors (Lipinski definition) is 7. The Morgan fingerprint density at radius 3 is 2.56 bits per heavy atom. The van der Waals surface area contributed by atoms with Crippen molar-refractivity contribution in [3.05, 3.63) is 65.4 Å². The number of para-hydroxylation sites is 3. The molecule has 0 unspecified atom stereocenters. The molecular weight excluding hydrogens is 434 g/mol. The molecule has 1 amide bonds. The summed E-state index contributed by atoms with van der Waals surface area (Å²) in [6.07, 6.45) is 0.0838. The first-order valence-corrected chi connectivity index (χ1v) is 10.6. The Kier molecular flexibility index (Phi) is 5.18. The second kappa shape index (κ2) is 8.33. The fraction of sp³-hybridized carbons (Fsp3) is 0.160. The molecule has 168 valence electrons. The van der Waals surface area contributed by atoms with Gasteiger partial charge in [-0.1, -0.05) is 30.3 Å². The number of ether oxygens (including phenoxy) is 1. The molecule has 34 heavy (non-hydrogen) atoms. The number of carbonyl (C=O) groups excluding carboxylic acids is 2. The summed E-state index contributed by atoms with van der Waals surface area (Å²) in [6.45, 7) is 1.86. The fourth-order valence-corrected chi connectivity index (χ4v) is 4.10. The van der Waals surface area contributed by atoms with Crippen LogP contribution in [0.1, 0.15) is 28.1 Å². The van der Waals surface area contributed by atoms with Crippen LogP contribution in [0.5, 0.6) is 0 Å². The van der Waals surface area contributed by atoms with Gasteiger partial charge in [0.2, 0.25) is 11.8 Å². The molecule has 0 aliphatic carbocycles. The van der Waals surface area contributed by atoms with Crippen LogP contribution < -0.4 is 5.32 Å². The monoisotopic (exact) mass is 453 g/mol. The van der Waals surface area contributed by atoms with E-state index in [-0.39, 0.29) is 35.1 Å². The Morgan fingerprint density at radius 2 is 1.82 bits per heavy atom. The molecule has 0 fully saturated rings. The van der Waals surface area contributed by atoms with Crippen molar-refractivity contribution in [3.8, 4) is 6.07 Å². The maximum atomic E-state index is 12.8. The van der Waals surface area contributed by atoms with Crippen molar-refractivity contribution < 1.29 is 18.7 Å². The van der Waals surface area contributed by atoms with Crippen LogP contribution >= 0.6 is 0 Å². The summed E-state index contributed by atoms with van der Waals surface area (Å²) >= 11 is 0. The molecule has 0 saturated carbocycles. The van der Waals surface area contributed by atoms with Crippen LogP contribution in [0.25, 0.3) is 33.1 Å². The van der Waals surface area contributed by atoms with Crippen molar-refractivity contribution >= 4 is 50.9 Å². The molecule has 0 aliphatic rings. The van der Waals surface area contributed by atoms with Crippen molar-refractivity contribution in [2.24, 2.45) is 0 Å². The van der Waals surface area contributed by atoms with Gasteiger partial charge in [0.15, 0.2) is 5.65 Å². The van der Waals surface area contributed by atoms with Crippen molar-refractivity contribution in [2.75, 3.05) is 12.4 Å². The molecule has 3 aromatic heterocycles. The minimum atomic E-state index is -0.700. The lowest BCUT2D eigenvalue weighted by molar-refractivity contribution is -0.116. The Bertz CT molecular complexity index is 1640. The van der Waals surface area contributed by atoms with E-state index in [2.05, 4.69) is 5.32 Å². The average molecular weight is 453 g/mol. The summed E-state index contributed by atoms with van der Waals surface area (Å²) in [4.78, 5) is 34.4. The molecule has 0 saturated heterocycles. The summed E-state index contributed by atoms with van der Waals surface area (Å²) in [5.41, 5.74) is 3.88. The van der Waals surface area contributed by atoms with Gasteiger partial charge in [-0.05, 0) is 25.1 Å². The third-order valence-electron chi connectivity index (χ3n) is 5.66. The molecular formula is C25H19N5O4. The number of amides is 1. The van der Waals surface area contributed by atoms with E-state index in [0.29, 0.717) is 12.2 Å². The summed E-state index contributed by atoms with van der Waals surface area (Å²) in [7, 11) is 1.21. The second-order valence-corrected chi connectivity index (χ2v) is 7.69. The molecule has 0 spiro atoms. The van der Waals surface area contributed by atoms with Gasteiger partial charge in [-0.25, -0.2) is 14.8 Å². The summed E-state index contributed by atoms with van der Waals surface area (Å²) in [5, 5.41) is 13.0. The highest BCUT2D eigenvalue weighted by Gasteiger charge is 2.25. The first-order valence-electron chi connectivity index (χ1n) is 10.6. The van der Waals surface area contributed by atoms with Gasteiger partial charge in [0.1, 0.15) is 28.5 Å². The number of furan rings is 1. The van der Waals surface area contributed by atoms with Crippen LogP contribution in [0.2, 0.25) is 0 Å². The number of nitrogens with zero attached hydrogens (tertiary/aromatic N) is 4. The highest BCUT2D eigenvalue weighted by molar-refractivity contribution is 6.06. The Hall–Kier alpha value is -4.71. The number of methoxy groups -OCH3 is 1. The van der Waals surface area contributed by atoms with E-state index in [1.165, 1.54) is 14.0 Å². The second-order valence-electron chi connectivity index (χ2n) is 7.69. The minimum Gasteiger partial charge on any atom is -0.465 e. The fourth-order valence-electron chi connectivity index (χ4n) is 4.10. The number of benzene rings is 2. The number of esters is 1. The third-order valence-corrected chi connectivity index (χ3v) is 5.66. The van der Waals surface area contributed by atoms with Crippen LogP contribution in [0, 0.1) is 18.3 Å². The van der Waals surface area contributed by atoms with Crippen LogP contribution in [0.4, 0.5) is 5.88 Å². The van der Waals surface area contributed by atoms with E-state index in [0.717, 1.165) is 27.5 Å². The molecule has 0 aliphatic heterocycles. The predicted octanol–water partition coefficient (Wildman–Crippen LogP) is 4.33. The molecule has 9 nitrogen and oxygen atoms in total. The highest BCUT2D eigenvalue weighted by Crippen LogP contribution is 2.29. The Morgan fingerprint density at radius 1 is 1.12 bits per heavy atom. The molecule has 0 atom stereocenters. The number of aromatic nitrogens is 3. The van der Waals surface area contributed by atoms with Crippen molar-refractivity contribution in [2.45, 2.75) is 19.9 Å². The van der Waals surface area contributed by atoms with Crippen LogP contribution in [0.3, 0.4) is 0 Å². The zero-order valence-corrected chi connectivity index (χ0v) is 18.5. The van der Waals surface area contributed by atoms with Gasteiger partial charge in [0, 0.05) is 18.4 Å². The maximum Gasteiger partial charge on any atom is 0.342 e. The van der Waals surface area contributed by atoms with Gasteiger partial charge in [-0.15, -0.1) is 0 Å². The van der Waals surface area contributed by atoms with E-state index in [9.17, 15) is 14.9 Å². The normalized spacial score (nSPS) is 11.1. The van der Waals surface area contributed by atoms with Gasteiger partial charge in [0.25, 0.3) is 0 Å². The van der Waals surface area contributed by atoms with E-state index in [4.69, 9.17) is 19.1 Å². The van der Waals surface area contributed by atoms with Crippen molar-refractivity contribution in [1.29, 1.82) is 5.26 Å². The first-order chi connectivity index (χ1) is 16.5. The predicted molar refractivity (Wildman–Crippen MR) is 125 cm³/mol. The maximum absolute atomic E-state index is 12.8. The standard InChI is InChI=1S/C25H19N5O4/c1-14-21(25(32)33-2)16(13-26)24(34-14)29-20(31)11-12-30-19-10-6-3-7-15(19)22-23(30)28-18-9-5-4-8-17(18)27-22/h3-10H,11-12H2,1-2H3,(H,29,31). The molecule has 0 radical (unpaired) electrons. The molecule has 0 bridgehead atoms. The lowest BCUT2D eigenvalue weighted by Crippen LogP contribution is -2.15. The van der Waals surface area contributed by atoms with E-state index in [1.807, 2.05) is 59.2 Å². The van der Waals surface area contributed by atoms with Crippen LogP contribution in [0.15, 0.2) is 52.9 Å². The van der Waals surface area contributed by atoms with Gasteiger partial charge in [0.05, 0.1) is 23.7 Å². The number of anilines is 1. The zero-order chi connectivity index (χ0) is 23.8. The van der Waals surface area contributed by atoms with Crippen LogP contribution in [-0.2, 0) is 16.1 Å². The Labute approximate surface area is 193 Å². The molecule has 2 aromatic carbocycles. The highest BCUT2D eigenvalue weighted by atomic mass is 16.5. The third kappa shape index (κ3) is 3.42. The number of rotatable bonds is 5. The Balaban J connectivity index is 1.47. The number of fused-ring (bicyclic) bond motifs is 4. The quantitative estimate of drug-likeness (QED) is 0.393. The van der Waals surface area contributed by atoms with Crippen molar-refractivity contribution in [3.63, 3.8) is 0 Å².